The number of hydrogen-bond donors (Lipinski definition) is 1. The summed E-state index contributed by atoms with van der Waals surface area (Å²) in [6.45, 7) is 0. The van der Waals surface area contributed by atoms with Crippen LogP contribution in [0.15, 0.2) is 54.6 Å². The molecule has 1 aliphatic carbocycles. The van der Waals surface area contributed by atoms with E-state index in [4.69, 9.17) is 5.11 Å². The number of carboxylic acids is 1. The lowest BCUT2D eigenvalue weighted by Gasteiger charge is -2.14. The Morgan fingerprint density at radius 1 is 1.04 bits per heavy atom. The quantitative estimate of drug-likeness (QED) is 0.385. The fraction of sp³-hybridized carbons (Fsp3) is 0.522. The molecule has 2 atom stereocenters. The first-order valence-electron chi connectivity index (χ1n) is 9.83. The Morgan fingerprint density at radius 3 is 2.64 bits per heavy atom. The Balaban J connectivity index is 1.61. The fourth-order valence-electron chi connectivity index (χ4n) is 3.71. The minimum absolute atomic E-state index is 0.280. The fourth-order valence-corrected chi connectivity index (χ4v) is 3.71. The summed E-state index contributed by atoms with van der Waals surface area (Å²) in [6, 6.07) is 10.7. The lowest BCUT2D eigenvalue weighted by Crippen LogP contribution is -2.03. The van der Waals surface area contributed by atoms with Crippen molar-refractivity contribution in [3.05, 3.63) is 60.2 Å². The van der Waals surface area contributed by atoms with Gasteiger partial charge in [-0.2, -0.15) is 0 Å². The number of hydrogen-bond acceptors (Lipinski definition) is 1. The van der Waals surface area contributed by atoms with Gasteiger partial charge in [-0.3, -0.25) is 4.79 Å². The van der Waals surface area contributed by atoms with E-state index >= 15 is 0 Å². The molecule has 0 spiro atoms. The van der Waals surface area contributed by atoms with Crippen LogP contribution in [0, 0.1) is 11.8 Å². The van der Waals surface area contributed by atoms with Crippen LogP contribution in [0.5, 0.6) is 0 Å². The molecule has 0 saturated heterocycles. The van der Waals surface area contributed by atoms with Crippen molar-refractivity contribution < 1.29 is 9.90 Å². The number of aliphatic carboxylic acids is 1. The molecule has 0 aliphatic heterocycles. The maximum atomic E-state index is 10.5. The van der Waals surface area contributed by atoms with Crippen LogP contribution >= 0.6 is 0 Å². The minimum Gasteiger partial charge on any atom is -0.481 e. The van der Waals surface area contributed by atoms with E-state index in [2.05, 4.69) is 54.6 Å². The van der Waals surface area contributed by atoms with Crippen LogP contribution in [0.1, 0.15) is 63.4 Å². The van der Waals surface area contributed by atoms with Crippen molar-refractivity contribution in [2.45, 2.75) is 64.2 Å². The number of carboxylic acid groups (broad SMARTS) is 1. The molecule has 1 fully saturated rings. The van der Waals surface area contributed by atoms with E-state index in [-0.39, 0.29) is 6.42 Å². The molecular weight excluding hydrogens is 308 g/mol. The predicted octanol–water partition coefficient (Wildman–Crippen LogP) is 6.18. The van der Waals surface area contributed by atoms with Crippen molar-refractivity contribution in [2.75, 3.05) is 0 Å². The zero-order valence-electron chi connectivity index (χ0n) is 15.3. The van der Waals surface area contributed by atoms with E-state index in [1.54, 1.807) is 0 Å². The molecule has 0 radical (unpaired) electrons. The maximum absolute atomic E-state index is 10.5. The summed E-state index contributed by atoms with van der Waals surface area (Å²) < 4.78 is 0. The van der Waals surface area contributed by atoms with Crippen LogP contribution in [0.2, 0.25) is 0 Å². The van der Waals surface area contributed by atoms with Gasteiger partial charge in [0.1, 0.15) is 0 Å². The van der Waals surface area contributed by atoms with E-state index in [0.29, 0.717) is 0 Å². The summed E-state index contributed by atoms with van der Waals surface area (Å²) >= 11 is 0. The highest BCUT2D eigenvalue weighted by Gasteiger charge is 2.23. The number of rotatable bonds is 11. The van der Waals surface area contributed by atoms with Crippen molar-refractivity contribution in [3.8, 4) is 0 Å². The van der Waals surface area contributed by atoms with E-state index in [1.807, 2.05) is 0 Å². The Kier molecular flexibility index (Phi) is 9.11. The number of unbranched alkanes of at least 4 members (excludes halogenated alkanes) is 2. The lowest BCUT2D eigenvalue weighted by atomic mass is 9.92. The van der Waals surface area contributed by atoms with Gasteiger partial charge >= 0.3 is 5.97 Å². The Bertz CT molecular complexity index is 544. The topological polar surface area (TPSA) is 37.3 Å². The van der Waals surface area contributed by atoms with Gasteiger partial charge in [-0.15, -0.1) is 0 Å². The van der Waals surface area contributed by atoms with Crippen molar-refractivity contribution in [1.29, 1.82) is 0 Å². The second kappa shape index (κ2) is 11.7. The molecule has 1 aromatic carbocycles. The molecule has 0 aromatic heterocycles. The third-order valence-electron chi connectivity index (χ3n) is 5.15. The Labute approximate surface area is 152 Å². The molecule has 2 unspecified atom stereocenters. The number of aryl methyl sites for hydroxylation is 1. The molecular formula is C23H32O2. The largest absolute Gasteiger partial charge is 0.481 e. The van der Waals surface area contributed by atoms with Crippen molar-refractivity contribution in [2.24, 2.45) is 11.8 Å². The first-order chi connectivity index (χ1) is 12.3. The molecule has 136 valence electrons. The van der Waals surface area contributed by atoms with E-state index in [1.165, 1.54) is 44.1 Å². The van der Waals surface area contributed by atoms with Crippen molar-refractivity contribution in [3.63, 3.8) is 0 Å². The average Bonchev–Trinajstić information content (AvgIpc) is 3.06. The van der Waals surface area contributed by atoms with Gasteiger partial charge in [0.15, 0.2) is 0 Å². The molecule has 0 heterocycles. The summed E-state index contributed by atoms with van der Waals surface area (Å²) in [5, 5.41) is 8.63. The van der Waals surface area contributed by atoms with Gasteiger partial charge in [0.25, 0.3) is 0 Å². The van der Waals surface area contributed by atoms with E-state index in [9.17, 15) is 4.79 Å². The third-order valence-corrected chi connectivity index (χ3v) is 5.15. The Morgan fingerprint density at radius 2 is 1.84 bits per heavy atom. The summed E-state index contributed by atoms with van der Waals surface area (Å²) in [5.74, 6) is 0.822. The highest BCUT2D eigenvalue weighted by Crippen LogP contribution is 2.35. The summed E-state index contributed by atoms with van der Waals surface area (Å²) in [4.78, 5) is 10.5. The summed E-state index contributed by atoms with van der Waals surface area (Å²) in [6.07, 6.45) is 19.9. The van der Waals surface area contributed by atoms with Gasteiger partial charge in [-0.05, 0) is 68.8 Å². The van der Waals surface area contributed by atoms with Crippen LogP contribution in [0.3, 0.4) is 0 Å². The molecule has 0 bridgehead atoms. The molecule has 1 saturated carbocycles. The minimum atomic E-state index is -0.693. The van der Waals surface area contributed by atoms with Gasteiger partial charge in [-0.25, -0.2) is 0 Å². The molecule has 1 N–H and O–H groups in total. The molecule has 2 rings (SSSR count). The number of carbonyl (C=O) groups is 1. The zero-order chi connectivity index (χ0) is 17.7. The number of allylic oxidation sites excluding steroid dienone is 4. The van der Waals surface area contributed by atoms with Crippen molar-refractivity contribution >= 4 is 5.97 Å². The van der Waals surface area contributed by atoms with Gasteiger partial charge in [-0.1, -0.05) is 61.1 Å². The highest BCUT2D eigenvalue weighted by molar-refractivity contribution is 5.66. The van der Waals surface area contributed by atoms with Crippen LogP contribution in [-0.2, 0) is 11.2 Å². The molecule has 25 heavy (non-hydrogen) atoms. The van der Waals surface area contributed by atoms with E-state index < -0.39 is 5.97 Å². The number of benzene rings is 1. The molecule has 1 aromatic rings. The normalized spacial score (nSPS) is 20.6. The van der Waals surface area contributed by atoms with Gasteiger partial charge in [0, 0.05) is 6.42 Å². The summed E-state index contributed by atoms with van der Waals surface area (Å²) in [7, 11) is 0. The molecule has 2 heteroatoms. The van der Waals surface area contributed by atoms with Gasteiger partial charge in [0.05, 0.1) is 0 Å². The standard InChI is InChI=1S/C23H32O2/c24-23(25)19-10-2-1-8-15-21-17-11-18-22(21)16-9-4-7-14-20-12-5-3-6-13-20/h1,3,5-6,8-9,12-13,16,21-22H,2,4,7,10-11,14-15,17-19H2,(H,24,25). The van der Waals surface area contributed by atoms with E-state index in [0.717, 1.165) is 31.1 Å². The molecule has 1 aliphatic rings. The molecule has 2 nitrogen and oxygen atoms in total. The molecule has 0 amide bonds. The second-order valence-electron chi connectivity index (χ2n) is 7.15. The van der Waals surface area contributed by atoms with Crippen molar-refractivity contribution in [1.82, 2.24) is 0 Å². The first kappa shape index (κ1) is 19.5. The average molecular weight is 341 g/mol. The SMILES string of the molecule is O=C(O)CCCC=CCC1CCCC1C=CCCCc1ccccc1. The predicted molar refractivity (Wildman–Crippen MR) is 105 cm³/mol. The van der Waals surface area contributed by atoms with Crippen LogP contribution < -0.4 is 0 Å². The third kappa shape index (κ3) is 8.20. The van der Waals surface area contributed by atoms with Gasteiger partial charge in [0.2, 0.25) is 0 Å². The second-order valence-corrected chi connectivity index (χ2v) is 7.15. The zero-order valence-corrected chi connectivity index (χ0v) is 15.3. The first-order valence-corrected chi connectivity index (χ1v) is 9.83. The summed E-state index contributed by atoms with van der Waals surface area (Å²) in [5.41, 5.74) is 1.43. The van der Waals surface area contributed by atoms with Gasteiger partial charge < -0.3 is 5.11 Å². The van der Waals surface area contributed by atoms with Crippen LogP contribution in [0.25, 0.3) is 0 Å². The smallest absolute Gasteiger partial charge is 0.303 e. The van der Waals surface area contributed by atoms with Crippen LogP contribution in [-0.4, -0.2) is 11.1 Å². The van der Waals surface area contributed by atoms with Crippen LogP contribution in [0.4, 0.5) is 0 Å². The monoisotopic (exact) mass is 340 g/mol. The lowest BCUT2D eigenvalue weighted by molar-refractivity contribution is -0.137. The maximum Gasteiger partial charge on any atom is 0.303 e. The highest BCUT2D eigenvalue weighted by atomic mass is 16.4. The Hall–Kier alpha value is -1.83.